The number of benzene rings is 1. The van der Waals surface area contributed by atoms with E-state index in [0.29, 0.717) is 12.5 Å². The van der Waals surface area contributed by atoms with Crippen LogP contribution in [-0.2, 0) is 4.79 Å². The first-order valence-corrected chi connectivity index (χ1v) is 6.99. The Hall–Kier alpha value is -1.55. The Balaban J connectivity index is 1.64. The first-order chi connectivity index (χ1) is 9.25. The van der Waals surface area contributed by atoms with Crippen molar-refractivity contribution < 1.29 is 9.90 Å². The number of carbonyl (C=O) groups excluding carboxylic acids is 1. The van der Waals surface area contributed by atoms with Gasteiger partial charge in [0.05, 0.1) is 12.6 Å². The van der Waals surface area contributed by atoms with E-state index in [-0.39, 0.29) is 12.5 Å². The molecule has 1 aliphatic carbocycles. The SMILES string of the molecule is O=C(CNc1ccccc1)NCC(O)C1CCCC1. The smallest absolute Gasteiger partial charge is 0.239 e. The second kappa shape index (κ2) is 7.14. The molecule has 1 saturated carbocycles. The van der Waals surface area contributed by atoms with Crippen molar-refractivity contribution in [2.24, 2.45) is 5.92 Å². The lowest BCUT2D eigenvalue weighted by Gasteiger charge is -2.18. The number of rotatable bonds is 6. The molecule has 1 aliphatic rings. The van der Waals surface area contributed by atoms with Gasteiger partial charge < -0.3 is 15.7 Å². The number of anilines is 1. The van der Waals surface area contributed by atoms with E-state index < -0.39 is 6.10 Å². The molecule has 1 fully saturated rings. The summed E-state index contributed by atoms with van der Waals surface area (Å²) in [5.41, 5.74) is 0.925. The predicted molar refractivity (Wildman–Crippen MR) is 75.9 cm³/mol. The van der Waals surface area contributed by atoms with Gasteiger partial charge in [0.25, 0.3) is 0 Å². The molecular formula is C15H22N2O2. The Labute approximate surface area is 114 Å². The minimum Gasteiger partial charge on any atom is -0.391 e. The maximum absolute atomic E-state index is 11.7. The molecule has 1 aromatic rings. The standard InChI is InChI=1S/C15H22N2O2/c18-14(12-6-4-5-7-12)10-17-15(19)11-16-13-8-2-1-3-9-13/h1-3,8-9,12,14,16,18H,4-7,10-11H2,(H,17,19). The van der Waals surface area contributed by atoms with Crippen LogP contribution in [-0.4, -0.2) is 30.2 Å². The zero-order valence-electron chi connectivity index (χ0n) is 11.1. The Kier molecular flexibility index (Phi) is 5.21. The fourth-order valence-electron chi connectivity index (χ4n) is 2.53. The second-order valence-corrected chi connectivity index (χ2v) is 5.14. The molecule has 3 N–H and O–H groups in total. The molecule has 0 heterocycles. The normalized spacial score (nSPS) is 17.1. The lowest BCUT2D eigenvalue weighted by atomic mass is 10.0. The third kappa shape index (κ3) is 4.56. The van der Waals surface area contributed by atoms with E-state index >= 15 is 0 Å². The molecule has 1 aromatic carbocycles. The fourth-order valence-corrected chi connectivity index (χ4v) is 2.53. The first-order valence-electron chi connectivity index (χ1n) is 6.99. The highest BCUT2D eigenvalue weighted by molar-refractivity contribution is 5.80. The van der Waals surface area contributed by atoms with Crippen LogP contribution in [0, 0.1) is 5.92 Å². The first kappa shape index (κ1) is 13.9. The van der Waals surface area contributed by atoms with Gasteiger partial charge in [-0.05, 0) is 30.9 Å². The number of para-hydroxylation sites is 1. The summed E-state index contributed by atoms with van der Waals surface area (Å²) in [6, 6.07) is 9.61. The van der Waals surface area contributed by atoms with Gasteiger partial charge in [-0.25, -0.2) is 0 Å². The minimum atomic E-state index is -0.400. The Morgan fingerprint density at radius 2 is 1.95 bits per heavy atom. The van der Waals surface area contributed by atoms with Crippen molar-refractivity contribution in [3.63, 3.8) is 0 Å². The van der Waals surface area contributed by atoms with E-state index in [1.807, 2.05) is 30.3 Å². The molecule has 1 atom stereocenters. The fraction of sp³-hybridized carbons (Fsp3) is 0.533. The average molecular weight is 262 g/mol. The largest absolute Gasteiger partial charge is 0.391 e. The molecule has 1 amide bonds. The van der Waals surface area contributed by atoms with E-state index in [9.17, 15) is 9.90 Å². The van der Waals surface area contributed by atoms with Gasteiger partial charge in [0, 0.05) is 12.2 Å². The van der Waals surface area contributed by atoms with Crippen LogP contribution in [0.4, 0.5) is 5.69 Å². The van der Waals surface area contributed by atoms with Crippen LogP contribution < -0.4 is 10.6 Å². The van der Waals surface area contributed by atoms with Gasteiger partial charge in [-0.3, -0.25) is 4.79 Å². The monoisotopic (exact) mass is 262 g/mol. The molecule has 4 nitrogen and oxygen atoms in total. The van der Waals surface area contributed by atoms with Crippen LogP contribution in [0.2, 0.25) is 0 Å². The maximum Gasteiger partial charge on any atom is 0.239 e. The summed E-state index contributed by atoms with van der Waals surface area (Å²) in [6.45, 7) is 0.599. The van der Waals surface area contributed by atoms with Gasteiger partial charge in [0.15, 0.2) is 0 Å². The molecule has 19 heavy (non-hydrogen) atoms. The molecule has 2 rings (SSSR count). The molecule has 0 aromatic heterocycles. The molecule has 4 heteroatoms. The quantitative estimate of drug-likeness (QED) is 0.732. The van der Waals surface area contributed by atoms with Crippen LogP contribution in [0.1, 0.15) is 25.7 Å². The van der Waals surface area contributed by atoms with Crippen molar-refractivity contribution in [1.82, 2.24) is 5.32 Å². The minimum absolute atomic E-state index is 0.0825. The number of carbonyl (C=O) groups is 1. The van der Waals surface area contributed by atoms with Gasteiger partial charge in [-0.2, -0.15) is 0 Å². The van der Waals surface area contributed by atoms with E-state index in [4.69, 9.17) is 0 Å². The summed E-state index contributed by atoms with van der Waals surface area (Å²) in [7, 11) is 0. The summed E-state index contributed by atoms with van der Waals surface area (Å²) >= 11 is 0. The van der Waals surface area contributed by atoms with Gasteiger partial charge in [-0.15, -0.1) is 0 Å². The highest BCUT2D eigenvalue weighted by atomic mass is 16.3. The third-order valence-electron chi connectivity index (χ3n) is 3.68. The van der Waals surface area contributed by atoms with Crippen LogP contribution in [0.5, 0.6) is 0 Å². The van der Waals surface area contributed by atoms with E-state index in [2.05, 4.69) is 10.6 Å². The van der Waals surface area contributed by atoms with Gasteiger partial charge >= 0.3 is 0 Å². The molecule has 0 saturated heterocycles. The highest BCUT2D eigenvalue weighted by Gasteiger charge is 2.23. The number of hydrogen-bond acceptors (Lipinski definition) is 3. The lowest BCUT2D eigenvalue weighted by Crippen LogP contribution is -2.38. The number of nitrogens with one attached hydrogen (secondary N) is 2. The topological polar surface area (TPSA) is 61.4 Å². The summed E-state index contributed by atoms with van der Waals surface area (Å²) in [5.74, 6) is 0.281. The van der Waals surface area contributed by atoms with E-state index in [1.54, 1.807) is 0 Å². The van der Waals surface area contributed by atoms with Crippen molar-refractivity contribution in [2.75, 3.05) is 18.4 Å². The van der Waals surface area contributed by atoms with Crippen molar-refractivity contribution in [3.8, 4) is 0 Å². The zero-order valence-corrected chi connectivity index (χ0v) is 11.1. The van der Waals surface area contributed by atoms with Crippen molar-refractivity contribution in [1.29, 1.82) is 0 Å². The molecule has 0 bridgehead atoms. The third-order valence-corrected chi connectivity index (χ3v) is 3.68. The number of amides is 1. The molecule has 0 aliphatic heterocycles. The summed E-state index contributed by atoms with van der Waals surface area (Å²) in [4.78, 5) is 11.7. The van der Waals surface area contributed by atoms with Gasteiger partial charge in [-0.1, -0.05) is 31.0 Å². The number of aliphatic hydroxyl groups excluding tert-OH is 1. The van der Waals surface area contributed by atoms with E-state index in [0.717, 1.165) is 18.5 Å². The number of aliphatic hydroxyl groups is 1. The molecular weight excluding hydrogens is 240 g/mol. The van der Waals surface area contributed by atoms with Gasteiger partial charge in [0.1, 0.15) is 0 Å². The van der Waals surface area contributed by atoms with Crippen molar-refractivity contribution in [3.05, 3.63) is 30.3 Å². The molecule has 0 radical (unpaired) electrons. The molecule has 1 unspecified atom stereocenters. The highest BCUT2D eigenvalue weighted by Crippen LogP contribution is 2.27. The summed E-state index contributed by atoms with van der Waals surface area (Å²) in [5, 5.41) is 15.8. The Bertz CT molecular complexity index is 388. The Morgan fingerprint density at radius 3 is 2.63 bits per heavy atom. The van der Waals surface area contributed by atoms with Crippen LogP contribution in [0.15, 0.2) is 30.3 Å². The van der Waals surface area contributed by atoms with E-state index in [1.165, 1.54) is 12.8 Å². The molecule has 104 valence electrons. The average Bonchev–Trinajstić information content (AvgIpc) is 2.98. The predicted octanol–water partition coefficient (Wildman–Crippen LogP) is 1.77. The second-order valence-electron chi connectivity index (χ2n) is 5.14. The molecule has 0 spiro atoms. The summed E-state index contributed by atoms with van der Waals surface area (Å²) in [6.07, 6.45) is 4.16. The van der Waals surface area contributed by atoms with Crippen LogP contribution >= 0.6 is 0 Å². The zero-order chi connectivity index (χ0) is 13.5. The maximum atomic E-state index is 11.7. The van der Waals surface area contributed by atoms with Crippen LogP contribution in [0.25, 0.3) is 0 Å². The Morgan fingerprint density at radius 1 is 1.26 bits per heavy atom. The number of hydrogen-bond donors (Lipinski definition) is 3. The lowest BCUT2D eigenvalue weighted by molar-refractivity contribution is -0.120. The van der Waals surface area contributed by atoms with Crippen molar-refractivity contribution in [2.45, 2.75) is 31.8 Å². The van der Waals surface area contributed by atoms with Gasteiger partial charge in [0.2, 0.25) is 5.91 Å². The van der Waals surface area contributed by atoms with Crippen molar-refractivity contribution >= 4 is 11.6 Å². The summed E-state index contributed by atoms with van der Waals surface area (Å²) < 4.78 is 0. The van der Waals surface area contributed by atoms with Crippen LogP contribution in [0.3, 0.4) is 0 Å².